The zero-order chi connectivity index (χ0) is 52.2. The molecule has 0 unspecified atom stereocenters. The number of rotatable bonds is 20. The molecule has 0 radical (unpaired) electrons. The predicted molar refractivity (Wildman–Crippen MR) is 265 cm³/mol. The Balaban J connectivity index is 1.53. The van der Waals surface area contributed by atoms with Crippen LogP contribution in [-0.4, -0.2) is 122 Å². The number of carboxylic acid groups (broad SMARTS) is 1. The predicted octanol–water partition coefficient (Wildman–Crippen LogP) is 0.752. The number of aromatic amines is 2. The lowest BCUT2D eigenvalue weighted by Crippen LogP contribution is -2.58. The second-order valence-electron chi connectivity index (χ2n) is 18.0. The van der Waals surface area contributed by atoms with Crippen molar-refractivity contribution in [2.24, 2.45) is 28.3 Å². The van der Waals surface area contributed by atoms with E-state index >= 15 is 0 Å². The summed E-state index contributed by atoms with van der Waals surface area (Å²) in [7, 11) is 0. The highest BCUT2D eigenvalue weighted by Crippen LogP contribution is 2.24. The van der Waals surface area contributed by atoms with E-state index in [2.05, 4.69) is 51.8 Å². The summed E-state index contributed by atoms with van der Waals surface area (Å²) in [5, 5.41) is 27.2. The summed E-state index contributed by atoms with van der Waals surface area (Å²) in [5.41, 5.74) is 13.6. The van der Waals surface area contributed by atoms with Crippen LogP contribution in [0.3, 0.4) is 0 Å². The second kappa shape index (κ2) is 27.5. The highest BCUT2D eigenvalue weighted by Gasteiger charge is 2.36. The molecule has 7 atom stereocenters. The van der Waals surface area contributed by atoms with Crippen LogP contribution in [0.2, 0.25) is 0 Å². The number of Topliss-reactive ketones (excluding diaryl/α,β-unsaturated/α-hetero) is 2. The zero-order valence-corrected chi connectivity index (χ0v) is 40.5. The minimum absolute atomic E-state index is 0.0266. The first kappa shape index (κ1) is 55.0. The number of hydrogen-bond donors (Lipinski definition) is 11. The van der Waals surface area contributed by atoms with Gasteiger partial charge in [0, 0.05) is 80.6 Å². The molecule has 2 aromatic heterocycles. The molecule has 1 saturated heterocycles. The number of imidazole rings is 1. The number of nitrogens with zero attached hydrogens (tertiary/aromatic N) is 2. The summed E-state index contributed by atoms with van der Waals surface area (Å²) in [6, 6.07) is 9.41. The number of benzene rings is 2. The number of hydrogen-bond acceptors (Lipinski definition) is 11. The fourth-order valence-electron chi connectivity index (χ4n) is 8.50. The van der Waals surface area contributed by atoms with Crippen LogP contribution in [0.1, 0.15) is 88.5 Å². The number of aromatic nitrogens is 3. The van der Waals surface area contributed by atoms with Crippen LogP contribution in [0, 0.1) is 11.8 Å². The molecule has 0 saturated carbocycles. The molecule has 386 valence electrons. The number of aliphatic imine (C=N–C) groups is 1. The molecule has 22 heteroatoms. The summed E-state index contributed by atoms with van der Waals surface area (Å²) >= 11 is 0. The zero-order valence-electron chi connectivity index (χ0n) is 40.5. The molecule has 1 aliphatic rings. The van der Waals surface area contributed by atoms with E-state index in [1.807, 2.05) is 25.1 Å². The number of para-hydroxylation sites is 1. The van der Waals surface area contributed by atoms with Crippen molar-refractivity contribution in [1.29, 1.82) is 0 Å². The average molecular weight is 995 g/mol. The number of guanidine groups is 1. The molecule has 0 spiro atoms. The van der Waals surface area contributed by atoms with Crippen LogP contribution in [0.25, 0.3) is 10.9 Å². The molecule has 3 heterocycles. The van der Waals surface area contributed by atoms with Gasteiger partial charge in [-0.1, -0.05) is 68.3 Å². The molecule has 2 aromatic carbocycles. The van der Waals surface area contributed by atoms with Crippen molar-refractivity contribution in [1.82, 2.24) is 46.9 Å². The van der Waals surface area contributed by atoms with Gasteiger partial charge in [-0.25, -0.2) is 4.98 Å². The third kappa shape index (κ3) is 17.2. The minimum Gasteiger partial charge on any atom is -0.481 e. The number of nitrogens with one attached hydrogen (secondary N) is 8. The summed E-state index contributed by atoms with van der Waals surface area (Å²) in [6.45, 7) is 2.72. The third-order valence-electron chi connectivity index (χ3n) is 12.4. The van der Waals surface area contributed by atoms with Gasteiger partial charge in [0.25, 0.3) is 0 Å². The monoisotopic (exact) mass is 995 g/mol. The number of fused-ring (bicyclic) bond motifs is 1. The molecule has 13 N–H and O–H groups in total. The van der Waals surface area contributed by atoms with Gasteiger partial charge in [-0.3, -0.25) is 48.1 Å². The number of carbonyl (C=O) groups excluding carboxylic acids is 8. The SMILES string of the molecule is CCCC[C@H](NC(C)=O)C(=O)N[C@H]1CCC(=O)NC[C@@H](C(=O)C[C@@H](Cc2c[nH]c3ccccc23)C(=O)O)NC(=O)[C@H](CCCN=C(N)N)CC(=O)[C@@H](Cc2ccccc2)NC(=O)[C@H](Cc2cnc[nH]2)NC1=O. The molecule has 22 nitrogen and oxygen atoms in total. The van der Waals surface area contributed by atoms with Crippen LogP contribution in [0.5, 0.6) is 0 Å². The first-order chi connectivity index (χ1) is 34.5. The molecule has 0 aliphatic carbocycles. The Morgan fingerprint density at radius 1 is 0.889 bits per heavy atom. The Kier molecular flexibility index (Phi) is 21.0. The van der Waals surface area contributed by atoms with E-state index in [0.29, 0.717) is 29.7 Å². The summed E-state index contributed by atoms with van der Waals surface area (Å²) in [6.07, 6.45) is 4.20. The van der Waals surface area contributed by atoms with E-state index in [-0.39, 0.29) is 57.5 Å². The van der Waals surface area contributed by atoms with Crippen molar-refractivity contribution < 1.29 is 48.3 Å². The number of ketones is 2. The molecule has 4 aromatic rings. The molecule has 72 heavy (non-hydrogen) atoms. The molecule has 6 amide bonds. The Labute approximate surface area is 416 Å². The summed E-state index contributed by atoms with van der Waals surface area (Å²) in [4.78, 5) is 139. The quantitative estimate of drug-likeness (QED) is 0.0331. The number of H-pyrrole nitrogens is 2. The highest BCUT2D eigenvalue weighted by atomic mass is 16.4. The fraction of sp³-hybridized carbons (Fsp3) is 0.460. The maximum Gasteiger partial charge on any atom is 0.307 e. The fourth-order valence-corrected chi connectivity index (χ4v) is 8.50. The van der Waals surface area contributed by atoms with Gasteiger partial charge < -0.3 is 58.4 Å². The number of carboxylic acids is 1. The Bertz CT molecular complexity index is 2540. The highest BCUT2D eigenvalue weighted by molar-refractivity contribution is 5.98. The lowest BCUT2D eigenvalue weighted by molar-refractivity contribution is -0.144. The van der Waals surface area contributed by atoms with Crippen molar-refractivity contribution in [2.75, 3.05) is 13.1 Å². The molecule has 1 fully saturated rings. The van der Waals surface area contributed by atoms with Crippen LogP contribution in [-0.2, 0) is 62.4 Å². The van der Waals surface area contributed by atoms with E-state index in [0.717, 1.165) is 10.9 Å². The normalized spacial score (nSPS) is 20.3. The van der Waals surface area contributed by atoms with Crippen molar-refractivity contribution >= 4 is 69.8 Å². The van der Waals surface area contributed by atoms with Gasteiger partial charge in [0.1, 0.15) is 24.2 Å². The first-order valence-electron chi connectivity index (χ1n) is 24.2. The van der Waals surface area contributed by atoms with E-state index in [1.54, 1.807) is 42.6 Å². The van der Waals surface area contributed by atoms with E-state index in [1.165, 1.54) is 19.4 Å². The molecular formula is C50H66N12O10. The van der Waals surface area contributed by atoms with E-state index in [9.17, 15) is 48.3 Å². The van der Waals surface area contributed by atoms with Gasteiger partial charge in [-0.2, -0.15) is 0 Å². The number of aliphatic carboxylic acids is 1. The van der Waals surface area contributed by atoms with Crippen LogP contribution >= 0.6 is 0 Å². The van der Waals surface area contributed by atoms with E-state index in [4.69, 9.17) is 11.5 Å². The summed E-state index contributed by atoms with van der Waals surface area (Å²) in [5.74, 6) is -9.52. The maximum absolute atomic E-state index is 14.6. The van der Waals surface area contributed by atoms with Crippen molar-refractivity contribution in [3.8, 4) is 0 Å². The Hall–Kier alpha value is -7.91. The molecule has 0 bridgehead atoms. The van der Waals surface area contributed by atoms with Gasteiger partial charge in [0.2, 0.25) is 35.4 Å². The number of nitrogens with two attached hydrogens (primary N) is 2. The molecule has 1 aliphatic heterocycles. The standard InChI is InChI=1S/C50H66N12O10/c1-3-4-15-37(58-29(2)63)46(68)59-38-17-18-44(66)56-27-41(43(65)23-32(49(71)72)21-33-25-55-36-16-9-8-14-35(33)36)62-45(67)31(13-10-19-54-50(51)52)22-42(64)39(20-30-11-6-5-7-12-30)60-48(70)40(61-47(38)69)24-34-26-53-28-57-34/h5-9,11-12,14,16,25-26,28,31-32,37-41,55H,3-4,10,13,15,17-24,27H2,1-2H3,(H,53,57)(H,56,66)(H,58,63)(H,59,68)(H,60,70)(H,61,69)(H,62,67)(H,71,72)(H4,51,52,54)/t31-,32-,37+,38+,39-,40+,41+/m1/s1. The average Bonchev–Trinajstić information content (AvgIpc) is 4.02. The lowest BCUT2D eigenvalue weighted by atomic mass is 9.89. The first-order valence-corrected chi connectivity index (χ1v) is 24.2. The maximum atomic E-state index is 14.6. The van der Waals surface area contributed by atoms with E-state index < -0.39 is 121 Å². The second-order valence-corrected chi connectivity index (χ2v) is 18.0. The smallest absolute Gasteiger partial charge is 0.307 e. The minimum atomic E-state index is -1.50. The topological polar surface area (TPSA) is 355 Å². The Morgan fingerprint density at radius 3 is 2.32 bits per heavy atom. The van der Waals surface area contributed by atoms with Crippen molar-refractivity contribution in [2.45, 2.75) is 121 Å². The van der Waals surface area contributed by atoms with Crippen LogP contribution in [0.15, 0.2) is 78.3 Å². The van der Waals surface area contributed by atoms with Gasteiger partial charge in [0.15, 0.2) is 17.5 Å². The number of unbranched alkanes of at least 4 members (excludes halogenated alkanes) is 1. The summed E-state index contributed by atoms with van der Waals surface area (Å²) < 4.78 is 0. The van der Waals surface area contributed by atoms with Gasteiger partial charge in [0.05, 0.1) is 18.3 Å². The van der Waals surface area contributed by atoms with Gasteiger partial charge in [-0.05, 0) is 55.7 Å². The van der Waals surface area contributed by atoms with Crippen molar-refractivity contribution in [3.63, 3.8) is 0 Å². The lowest BCUT2D eigenvalue weighted by Gasteiger charge is -2.28. The number of amides is 6. The van der Waals surface area contributed by atoms with Crippen LogP contribution in [0.4, 0.5) is 0 Å². The Morgan fingerprint density at radius 2 is 1.62 bits per heavy atom. The third-order valence-corrected chi connectivity index (χ3v) is 12.4. The van der Waals surface area contributed by atoms with Gasteiger partial charge in [-0.15, -0.1) is 0 Å². The van der Waals surface area contributed by atoms with Crippen molar-refractivity contribution in [3.05, 3.63) is 90.1 Å². The van der Waals surface area contributed by atoms with Gasteiger partial charge >= 0.3 is 5.97 Å². The largest absolute Gasteiger partial charge is 0.481 e. The molecule has 5 rings (SSSR count). The molecular weight excluding hydrogens is 929 g/mol. The number of carbonyl (C=O) groups is 9. The van der Waals surface area contributed by atoms with Crippen LogP contribution < -0.4 is 43.4 Å².